The van der Waals surface area contributed by atoms with Crippen molar-refractivity contribution >= 4 is 34.0 Å². The predicted molar refractivity (Wildman–Crippen MR) is 187 cm³/mol. The van der Waals surface area contributed by atoms with Crippen molar-refractivity contribution in [2.45, 2.75) is 97.3 Å². The molecule has 0 unspecified atom stereocenters. The summed E-state index contributed by atoms with van der Waals surface area (Å²) in [5.41, 5.74) is 10.8. The summed E-state index contributed by atoms with van der Waals surface area (Å²) in [5.74, 6) is 0. The Morgan fingerprint density at radius 1 is 0.690 bits per heavy atom. The summed E-state index contributed by atoms with van der Waals surface area (Å²) in [6.45, 7) is 27.9. The van der Waals surface area contributed by atoms with Crippen molar-refractivity contribution in [1.82, 2.24) is 10.2 Å². The summed E-state index contributed by atoms with van der Waals surface area (Å²) in [6.07, 6.45) is 2.84. The predicted octanol–water partition coefficient (Wildman–Crippen LogP) is 10.9. The number of aromatic amines is 1. The SMILES string of the molecule is C.C=C1Cc2cc(C(C)(C)C)ccc2N1.C=C1Nc2ccc(C(C)(C)C)cc2S1.CC(C)(C)c1ccc2[nH]ncc2c1. The van der Waals surface area contributed by atoms with Gasteiger partial charge in [0.2, 0.25) is 0 Å². The second-order valence-electron chi connectivity index (χ2n) is 14.1. The van der Waals surface area contributed by atoms with Crippen LogP contribution in [-0.4, -0.2) is 10.2 Å². The quantitative estimate of drug-likeness (QED) is 0.193. The zero-order valence-corrected chi connectivity index (χ0v) is 27.1. The summed E-state index contributed by atoms with van der Waals surface area (Å²) in [4.78, 5) is 1.29. The van der Waals surface area contributed by atoms with E-state index in [9.17, 15) is 0 Å². The molecule has 2 aliphatic heterocycles. The van der Waals surface area contributed by atoms with Crippen LogP contribution in [0.3, 0.4) is 0 Å². The smallest absolute Gasteiger partial charge is 0.0701 e. The number of nitrogens with zero attached hydrogens (tertiary/aromatic N) is 1. The molecule has 0 atom stereocenters. The minimum Gasteiger partial charge on any atom is -0.359 e. The number of fused-ring (bicyclic) bond motifs is 3. The molecule has 0 radical (unpaired) electrons. The van der Waals surface area contributed by atoms with Crippen LogP contribution < -0.4 is 10.6 Å². The molecule has 42 heavy (non-hydrogen) atoms. The molecule has 0 amide bonds. The summed E-state index contributed by atoms with van der Waals surface area (Å²) in [7, 11) is 0. The zero-order chi connectivity index (χ0) is 30.2. The molecule has 224 valence electrons. The number of allylic oxidation sites excluding steroid dienone is 1. The Morgan fingerprint density at radius 2 is 1.24 bits per heavy atom. The maximum atomic E-state index is 4.00. The van der Waals surface area contributed by atoms with Gasteiger partial charge in [-0.1, -0.05) is 119 Å². The number of nitrogens with one attached hydrogen (secondary N) is 3. The summed E-state index contributed by atoms with van der Waals surface area (Å²) in [6, 6.07) is 19.7. The van der Waals surface area contributed by atoms with Gasteiger partial charge in [0, 0.05) is 28.1 Å². The Kier molecular flexibility index (Phi) is 9.78. The van der Waals surface area contributed by atoms with Crippen LogP contribution in [0, 0.1) is 0 Å². The molecule has 3 aromatic carbocycles. The molecular weight excluding hydrogens is 533 g/mol. The molecule has 3 N–H and O–H groups in total. The van der Waals surface area contributed by atoms with E-state index in [2.05, 4.69) is 151 Å². The highest BCUT2D eigenvalue weighted by Gasteiger charge is 2.20. The average Bonchev–Trinajstić information content (AvgIpc) is 3.57. The Hall–Kier alpha value is -3.44. The Labute approximate surface area is 258 Å². The van der Waals surface area contributed by atoms with Crippen molar-refractivity contribution in [3.8, 4) is 0 Å². The first-order valence-corrected chi connectivity index (χ1v) is 15.1. The molecule has 4 nitrogen and oxygen atoms in total. The number of anilines is 2. The van der Waals surface area contributed by atoms with Crippen molar-refractivity contribution in [3.05, 3.63) is 107 Å². The van der Waals surface area contributed by atoms with Gasteiger partial charge in [-0.15, -0.1) is 0 Å². The first-order valence-electron chi connectivity index (χ1n) is 14.3. The molecule has 0 saturated heterocycles. The topological polar surface area (TPSA) is 52.7 Å². The summed E-state index contributed by atoms with van der Waals surface area (Å²) < 4.78 is 0. The van der Waals surface area contributed by atoms with Crippen LogP contribution in [0.5, 0.6) is 0 Å². The lowest BCUT2D eigenvalue weighted by Crippen LogP contribution is -2.10. The minimum atomic E-state index is 0. The van der Waals surface area contributed by atoms with E-state index >= 15 is 0 Å². The number of thioether (sulfide) groups is 1. The fourth-order valence-corrected chi connectivity index (χ4v) is 5.53. The van der Waals surface area contributed by atoms with Gasteiger partial charge in [-0.2, -0.15) is 5.10 Å². The highest BCUT2D eigenvalue weighted by atomic mass is 32.2. The van der Waals surface area contributed by atoms with E-state index in [1.807, 2.05) is 6.20 Å². The van der Waals surface area contributed by atoms with Gasteiger partial charge in [0.05, 0.1) is 22.4 Å². The number of benzene rings is 3. The summed E-state index contributed by atoms with van der Waals surface area (Å²) in [5, 5.41) is 15.7. The lowest BCUT2D eigenvalue weighted by atomic mass is 9.86. The van der Waals surface area contributed by atoms with Crippen LogP contribution in [-0.2, 0) is 22.7 Å². The van der Waals surface area contributed by atoms with Crippen molar-refractivity contribution in [3.63, 3.8) is 0 Å². The van der Waals surface area contributed by atoms with Crippen molar-refractivity contribution in [2.75, 3.05) is 10.6 Å². The van der Waals surface area contributed by atoms with E-state index in [1.165, 1.54) is 43.9 Å². The van der Waals surface area contributed by atoms with Gasteiger partial charge in [-0.05, 0) is 68.8 Å². The van der Waals surface area contributed by atoms with Crippen LogP contribution in [0.15, 0.2) is 89.6 Å². The lowest BCUT2D eigenvalue weighted by Gasteiger charge is -2.19. The van der Waals surface area contributed by atoms with Crippen LogP contribution in [0.4, 0.5) is 11.4 Å². The maximum absolute atomic E-state index is 4.00. The number of H-pyrrole nitrogens is 1. The number of hydrogen-bond donors (Lipinski definition) is 3. The normalized spacial score (nSPS) is 13.9. The van der Waals surface area contributed by atoms with E-state index < -0.39 is 0 Å². The van der Waals surface area contributed by atoms with Crippen molar-refractivity contribution < 1.29 is 0 Å². The molecule has 0 spiro atoms. The van der Waals surface area contributed by atoms with Gasteiger partial charge in [-0.3, -0.25) is 5.10 Å². The van der Waals surface area contributed by atoms with E-state index in [4.69, 9.17) is 0 Å². The largest absolute Gasteiger partial charge is 0.359 e. The maximum Gasteiger partial charge on any atom is 0.0701 e. The number of hydrogen-bond acceptors (Lipinski definition) is 4. The van der Waals surface area contributed by atoms with E-state index in [0.29, 0.717) is 0 Å². The first kappa shape index (κ1) is 33.1. The lowest BCUT2D eigenvalue weighted by molar-refractivity contribution is 0.589. The molecule has 0 fully saturated rings. The highest BCUT2D eigenvalue weighted by molar-refractivity contribution is 8.03. The van der Waals surface area contributed by atoms with Crippen LogP contribution in [0.25, 0.3) is 10.9 Å². The average molecular weight is 583 g/mol. The first-order chi connectivity index (χ1) is 19.0. The number of aromatic nitrogens is 2. The second kappa shape index (κ2) is 12.4. The zero-order valence-electron chi connectivity index (χ0n) is 26.3. The molecular formula is C37H50N4S. The third kappa shape index (κ3) is 8.10. The Bertz CT molecular complexity index is 1490. The van der Waals surface area contributed by atoms with Gasteiger partial charge in [0.15, 0.2) is 0 Å². The van der Waals surface area contributed by atoms with Gasteiger partial charge in [0.1, 0.15) is 0 Å². The highest BCUT2D eigenvalue weighted by Crippen LogP contribution is 2.42. The molecule has 4 aromatic rings. The van der Waals surface area contributed by atoms with Crippen LogP contribution in [0.2, 0.25) is 0 Å². The Morgan fingerprint density at radius 3 is 1.86 bits per heavy atom. The van der Waals surface area contributed by atoms with Gasteiger partial charge in [0.25, 0.3) is 0 Å². The molecule has 1 aromatic heterocycles. The minimum absolute atomic E-state index is 0. The molecule has 5 heteroatoms. The fraction of sp³-hybridized carbons (Fsp3) is 0.378. The third-order valence-electron chi connectivity index (χ3n) is 7.35. The third-order valence-corrected chi connectivity index (χ3v) is 8.25. The second-order valence-corrected chi connectivity index (χ2v) is 15.2. The molecule has 6 rings (SSSR count). The van der Waals surface area contributed by atoms with Crippen molar-refractivity contribution in [2.24, 2.45) is 0 Å². The van der Waals surface area contributed by atoms with Crippen LogP contribution >= 0.6 is 11.8 Å². The van der Waals surface area contributed by atoms with E-state index in [0.717, 1.165) is 22.7 Å². The van der Waals surface area contributed by atoms with Crippen LogP contribution in [0.1, 0.15) is 92.0 Å². The molecule has 0 bridgehead atoms. The molecule has 0 aliphatic carbocycles. The standard InChI is InChI=1S/C13H17N.C12H15NS.C11H14N2.CH4/c1-9-7-10-8-11(13(2,3)4)5-6-12(10)14-9;1-8-13-10-6-5-9(12(2,3)4)7-11(10)14-8;1-11(2,3)9-4-5-10-8(6-9)7-12-13-10;/h5-6,8,14H,1,7H2,2-4H3;5-7,13H,1H2,2-4H3;4-7H,1-3H3,(H,12,13);1H4. The van der Waals surface area contributed by atoms with Gasteiger partial charge < -0.3 is 10.6 Å². The van der Waals surface area contributed by atoms with Crippen molar-refractivity contribution in [1.29, 1.82) is 0 Å². The molecule has 3 heterocycles. The summed E-state index contributed by atoms with van der Waals surface area (Å²) >= 11 is 1.72. The fourth-order valence-electron chi connectivity index (χ4n) is 4.69. The molecule has 0 saturated carbocycles. The molecule has 2 aliphatic rings. The van der Waals surface area contributed by atoms with Gasteiger partial charge >= 0.3 is 0 Å². The number of rotatable bonds is 0. The van der Waals surface area contributed by atoms with E-state index in [1.54, 1.807) is 11.8 Å². The van der Waals surface area contributed by atoms with Gasteiger partial charge in [-0.25, -0.2) is 0 Å². The monoisotopic (exact) mass is 582 g/mol. The van der Waals surface area contributed by atoms with E-state index in [-0.39, 0.29) is 23.7 Å². The Balaban J connectivity index is 0.000000171.